The first kappa shape index (κ1) is 18.4. The first-order valence-electron chi connectivity index (χ1n) is 8.67. The molecule has 6 nitrogen and oxygen atoms in total. The molecular formula is C21H23N5O. The monoisotopic (exact) mass is 361 g/mol. The van der Waals surface area contributed by atoms with Crippen LogP contribution in [0.4, 0.5) is 22.9 Å². The summed E-state index contributed by atoms with van der Waals surface area (Å²) in [5.74, 6) is 0.296. The lowest BCUT2D eigenvalue weighted by atomic mass is 10.1. The zero-order valence-electron chi connectivity index (χ0n) is 15.9. The molecule has 2 aromatic carbocycles. The normalized spacial score (nSPS) is 10.4. The van der Waals surface area contributed by atoms with Gasteiger partial charge in [-0.25, -0.2) is 9.97 Å². The van der Waals surface area contributed by atoms with Crippen molar-refractivity contribution in [1.29, 1.82) is 0 Å². The highest BCUT2D eigenvalue weighted by Crippen LogP contribution is 2.18. The Morgan fingerprint density at radius 1 is 0.889 bits per heavy atom. The van der Waals surface area contributed by atoms with Gasteiger partial charge in [-0.1, -0.05) is 6.07 Å². The van der Waals surface area contributed by atoms with E-state index < -0.39 is 0 Å². The Hall–Kier alpha value is -3.41. The van der Waals surface area contributed by atoms with Gasteiger partial charge < -0.3 is 15.5 Å². The van der Waals surface area contributed by atoms with Gasteiger partial charge in [0.25, 0.3) is 5.91 Å². The maximum atomic E-state index is 12.3. The van der Waals surface area contributed by atoms with Gasteiger partial charge in [0.05, 0.1) is 12.4 Å². The molecule has 3 aromatic rings. The predicted octanol–water partition coefficient (Wildman–Crippen LogP) is 4.16. The molecule has 0 bridgehead atoms. The second-order valence-corrected chi connectivity index (χ2v) is 6.68. The molecule has 0 aliphatic heterocycles. The molecule has 27 heavy (non-hydrogen) atoms. The maximum absolute atomic E-state index is 12.3. The van der Waals surface area contributed by atoms with E-state index in [2.05, 4.69) is 26.7 Å². The van der Waals surface area contributed by atoms with Crippen molar-refractivity contribution in [2.45, 2.75) is 13.8 Å². The average molecular weight is 361 g/mol. The zero-order valence-corrected chi connectivity index (χ0v) is 15.9. The fourth-order valence-electron chi connectivity index (χ4n) is 2.74. The molecule has 0 saturated heterocycles. The summed E-state index contributed by atoms with van der Waals surface area (Å²) in [6.07, 6.45) is 3.02. The third kappa shape index (κ3) is 4.82. The molecule has 6 heteroatoms. The summed E-state index contributed by atoms with van der Waals surface area (Å²) in [5.41, 5.74) is 5.32. The number of nitrogens with zero attached hydrogens (tertiary/aromatic N) is 3. The molecular weight excluding hydrogens is 338 g/mol. The van der Waals surface area contributed by atoms with Crippen LogP contribution in [0.25, 0.3) is 0 Å². The number of hydrogen-bond acceptors (Lipinski definition) is 5. The van der Waals surface area contributed by atoms with Gasteiger partial charge in [-0.2, -0.15) is 0 Å². The minimum Gasteiger partial charge on any atom is -0.378 e. The van der Waals surface area contributed by atoms with Crippen LogP contribution in [0.5, 0.6) is 0 Å². The molecule has 0 unspecified atom stereocenters. The molecule has 0 aliphatic rings. The van der Waals surface area contributed by atoms with Gasteiger partial charge in [-0.3, -0.25) is 4.79 Å². The molecule has 0 aliphatic carbocycles. The number of anilines is 4. The van der Waals surface area contributed by atoms with Crippen LogP contribution in [0.1, 0.15) is 21.6 Å². The summed E-state index contributed by atoms with van der Waals surface area (Å²) in [4.78, 5) is 22.9. The van der Waals surface area contributed by atoms with E-state index in [1.807, 2.05) is 69.2 Å². The van der Waals surface area contributed by atoms with E-state index in [9.17, 15) is 4.79 Å². The number of rotatable bonds is 5. The van der Waals surface area contributed by atoms with Crippen molar-refractivity contribution in [3.05, 3.63) is 71.7 Å². The molecule has 1 heterocycles. The summed E-state index contributed by atoms with van der Waals surface area (Å²) < 4.78 is 0. The highest BCUT2D eigenvalue weighted by atomic mass is 16.1. The van der Waals surface area contributed by atoms with Gasteiger partial charge in [0, 0.05) is 31.2 Å². The molecule has 0 spiro atoms. The second kappa shape index (κ2) is 7.86. The fourth-order valence-corrected chi connectivity index (χ4v) is 2.74. The van der Waals surface area contributed by atoms with E-state index in [0.717, 1.165) is 11.4 Å². The Bertz CT molecular complexity index is 914. The van der Waals surface area contributed by atoms with Gasteiger partial charge in [0.1, 0.15) is 11.5 Å². The lowest BCUT2D eigenvalue weighted by Gasteiger charge is -2.13. The molecule has 0 radical (unpaired) electrons. The van der Waals surface area contributed by atoms with Crippen LogP contribution in [0.3, 0.4) is 0 Å². The van der Waals surface area contributed by atoms with E-state index in [1.54, 1.807) is 6.20 Å². The number of nitrogens with one attached hydrogen (secondary N) is 2. The summed E-state index contributed by atoms with van der Waals surface area (Å²) in [6.45, 7) is 4.09. The van der Waals surface area contributed by atoms with Crippen LogP contribution in [-0.2, 0) is 0 Å². The van der Waals surface area contributed by atoms with Crippen molar-refractivity contribution in [2.75, 3.05) is 29.6 Å². The quantitative estimate of drug-likeness (QED) is 0.714. The minimum absolute atomic E-state index is 0.262. The van der Waals surface area contributed by atoms with Crippen molar-refractivity contribution in [1.82, 2.24) is 9.97 Å². The van der Waals surface area contributed by atoms with E-state index >= 15 is 0 Å². The summed E-state index contributed by atoms with van der Waals surface area (Å²) in [5, 5.41) is 6.04. The molecule has 3 rings (SSSR count). The standard InChI is InChI=1S/C21H23N5O/c1-14-9-15(2)11-17(10-14)24-20-13-22-19(12-23-20)21(27)25-16-5-7-18(8-6-16)26(3)4/h5-13H,1-4H3,(H,23,24)(H,25,27). The molecule has 138 valence electrons. The van der Waals surface area contributed by atoms with E-state index in [-0.39, 0.29) is 11.6 Å². The smallest absolute Gasteiger partial charge is 0.275 e. The Morgan fingerprint density at radius 3 is 2.11 bits per heavy atom. The predicted molar refractivity (Wildman–Crippen MR) is 110 cm³/mol. The van der Waals surface area contributed by atoms with Crippen LogP contribution < -0.4 is 15.5 Å². The Morgan fingerprint density at radius 2 is 1.56 bits per heavy atom. The Kier molecular flexibility index (Phi) is 5.35. The van der Waals surface area contributed by atoms with E-state index in [0.29, 0.717) is 11.5 Å². The van der Waals surface area contributed by atoms with Crippen molar-refractivity contribution in [3.63, 3.8) is 0 Å². The summed E-state index contributed by atoms with van der Waals surface area (Å²) >= 11 is 0. The Labute approximate surface area is 159 Å². The van der Waals surface area contributed by atoms with Crippen molar-refractivity contribution >= 4 is 28.8 Å². The van der Waals surface area contributed by atoms with Gasteiger partial charge >= 0.3 is 0 Å². The fraction of sp³-hybridized carbons (Fsp3) is 0.190. The topological polar surface area (TPSA) is 70.2 Å². The van der Waals surface area contributed by atoms with Crippen LogP contribution in [0.15, 0.2) is 54.9 Å². The highest BCUT2D eigenvalue weighted by molar-refractivity contribution is 6.02. The lowest BCUT2D eigenvalue weighted by Crippen LogP contribution is -2.14. The molecule has 0 fully saturated rings. The van der Waals surface area contributed by atoms with Crippen LogP contribution in [0, 0.1) is 13.8 Å². The number of aromatic nitrogens is 2. The first-order valence-corrected chi connectivity index (χ1v) is 8.67. The number of aryl methyl sites for hydroxylation is 2. The van der Waals surface area contributed by atoms with E-state index in [1.165, 1.54) is 17.3 Å². The van der Waals surface area contributed by atoms with Crippen molar-refractivity contribution < 1.29 is 4.79 Å². The highest BCUT2D eigenvalue weighted by Gasteiger charge is 2.09. The molecule has 2 N–H and O–H groups in total. The van der Waals surface area contributed by atoms with Gasteiger partial charge in [0.15, 0.2) is 0 Å². The molecule has 1 aromatic heterocycles. The molecule has 1 amide bonds. The number of amides is 1. The minimum atomic E-state index is -0.293. The van der Waals surface area contributed by atoms with Crippen LogP contribution in [-0.4, -0.2) is 30.0 Å². The van der Waals surface area contributed by atoms with Gasteiger partial charge in [0.2, 0.25) is 0 Å². The lowest BCUT2D eigenvalue weighted by molar-refractivity contribution is 0.102. The summed E-state index contributed by atoms with van der Waals surface area (Å²) in [6, 6.07) is 13.8. The SMILES string of the molecule is Cc1cc(C)cc(Nc2cnc(C(=O)Nc3ccc(N(C)C)cc3)cn2)c1. The van der Waals surface area contributed by atoms with Crippen LogP contribution in [0.2, 0.25) is 0 Å². The Balaban J connectivity index is 1.66. The number of benzene rings is 2. The number of hydrogen-bond donors (Lipinski definition) is 2. The number of carbonyl (C=O) groups excluding carboxylic acids is 1. The van der Waals surface area contributed by atoms with Crippen LogP contribution >= 0.6 is 0 Å². The number of carbonyl (C=O) groups is 1. The molecule has 0 saturated carbocycles. The molecule has 0 atom stereocenters. The van der Waals surface area contributed by atoms with Gasteiger partial charge in [-0.05, 0) is 61.4 Å². The van der Waals surface area contributed by atoms with Gasteiger partial charge in [-0.15, -0.1) is 0 Å². The van der Waals surface area contributed by atoms with E-state index in [4.69, 9.17) is 0 Å². The zero-order chi connectivity index (χ0) is 19.4. The average Bonchev–Trinajstić information content (AvgIpc) is 2.62. The maximum Gasteiger partial charge on any atom is 0.275 e. The summed E-state index contributed by atoms with van der Waals surface area (Å²) in [7, 11) is 3.94. The van der Waals surface area contributed by atoms with Crippen molar-refractivity contribution in [3.8, 4) is 0 Å². The first-order chi connectivity index (χ1) is 12.9. The second-order valence-electron chi connectivity index (χ2n) is 6.68. The third-order valence-electron chi connectivity index (χ3n) is 4.02. The third-order valence-corrected chi connectivity index (χ3v) is 4.02. The largest absolute Gasteiger partial charge is 0.378 e. The van der Waals surface area contributed by atoms with Crippen molar-refractivity contribution in [2.24, 2.45) is 0 Å².